The third kappa shape index (κ3) is 2.96. The molecule has 0 aliphatic heterocycles. The van der Waals surface area contributed by atoms with Gasteiger partial charge in [-0.1, -0.05) is 19.1 Å². The van der Waals surface area contributed by atoms with Gasteiger partial charge in [0.05, 0.1) is 28.6 Å². The van der Waals surface area contributed by atoms with Gasteiger partial charge in [0.1, 0.15) is 6.54 Å². The SMILES string of the molecule is CCCn1c(=O)n(CC(=O)Nc2cnc3c(c2)c(C)nn3C)c2ccccc21. The van der Waals surface area contributed by atoms with Gasteiger partial charge < -0.3 is 5.32 Å². The molecule has 1 amide bonds. The van der Waals surface area contributed by atoms with Crippen molar-refractivity contribution in [3.63, 3.8) is 0 Å². The summed E-state index contributed by atoms with van der Waals surface area (Å²) in [4.78, 5) is 29.8. The number of amides is 1. The van der Waals surface area contributed by atoms with Gasteiger partial charge >= 0.3 is 5.69 Å². The van der Waals surface area contributed by atoms with Crippen molar-refractivity contribution in [2.45, 2.75) is 33.4 Å². The quantitative estimate of drug-likeness (QED) is 0.578. The highest BCUT2D eigenvalue weighted by atomic mass is 16.2. The van der Waals surface area contributed by atoms with E-state index in [0.717, 1.165) is 34.2 Å². The lowest BCUT2D eigenvalue weighted by Gasteiger charge is -2.06. The summed E-state index contributed by atoms with van der Waals surface area (Å²) in [6.07, 6.45) is 2.45. The average Bonchev–Trinajstić information content (AvgIpc) is 3.10. The monoisotopic (exact) mass is 378 g/mol. The minimum absolute atomic E-state index is 0.0554. The van der Waals surface area contributed by atoms with E-state index in [2.05, 4.69) is 15.4 Å². The lowest BCUT2D eigenvalue weighted by Crippen LogP contribution is -2.29. The van der Waals surface area contributed by atoms with E-state index >= 15 is 0 Å². The summed E-state index contributed by atoms with van der Waals surface area (Å²) in [5.41, 5.74) is 3.62. The molecular weight excluding hydrogens is 356 g/mol. The first-order chi connectivity index (χ1) is 13.5. The number of carbonyl (C=O) groups is 1. The summed E-state index contributed by atoms with van der Waals surface area (Å²) in [5, 5.41) is 8.07. The number of nitrogens with zero attached hydrogens (tertiary/aromatic N) is 5. The van der Waals surface area contributed by atoms with Gasteiger partial charge in [-0.15, -0.1) is 0 Å². The van der Waals surface area contributed by atoms with Gasteiger partial charge in [-0.3, -0.25) is 18.6 Å². The van der Waals surface area contributed by atoms with Crippen LogP contribution in [0.15, 0.2) is 41.3 Å². The normalized spacial score (nSPS) is 11.4. The van der Waals surface area contributed by atoms with Crippen LogP contribution in [0.4, 0.5) is 5.69 Å². The molecule has 4 rings (SSSR count). The highest BCUT2D eigenvalue weighted by Gasteiger charge is 2.15. The highest BCUT2D eigenvalue weighted by Crippen LogP contribution is 2.19. The van der Waals surface area contributed by atoms with Gasteiger partial charge in [0.25, 0.3) is 0 Å². The summed E-state index contributed by atoms with van der Waals surface area (Å²) in [7, 11) is 1.83. The fraction of sp³-hybridized carbons (Fsp3) is 0.300. The van der Waals surface area contributed by atoms with Crippen LogP contribution in [0.25, 0.3) is 22.1 Å². The number of anilines is 1. The van der Waals surface area contributed by atoms with Gasteiger partial charge in [-0.05, 0) is 31.5 Å². The zero-order valence-corrected chi connectivity index (χ0v) is 16.1. The molecule has 3 aromatic heterocycles. The van der Waals surface area contributed by atoms with Crippen LogP contribution in [0.5, 0.6) is 0 Å². The van der Waals surface area contributed by atoms with E-state index in [1.165, 1.54) is 4.57 Å². The van der Waals surface area contributed by atoms with Crippen LogP contribution < -0.4 is 11.0 Å². The molecule has 0 atom stereocenters. The summed E-state index contributed by atoms with van der Waals surface area (Å²) >= 11 is 0. The number of aromatic nitrogens is 5. The van der Waals surface area contributed by atoms with Crippen LogP contribution in [0.2, 0.25) is 0 Å². The number of hydrogen-bond acceptors (Lipinski definition) is 4. The molecule has 3 heterocycles. The molecule has 28 heavy (non-hydrogen) atoms. The van der Waals surface area contributed by atoms with E-state index in [4.69, 9.17) is 0 Å². The Kier molecular flexibility index (Phi) is 4.46. The second kappa shape index (κ2) is 6.95. The Morgan fingerprint density at radius 2 is 1.89 bits per heavy atom. The maximum Gasteiger partial charge on any atom is 0.329 e. The lowest BCUT2D eigenvalue weighted by atomic mass is 10.2. The molecule has 0 aliphatic carbocycles. The van der Waals surface area contributed by atoms with Crippen molar-refractivity contribution in [3.8, 4) is 0 Å². The topological polar surface area (TPSA) is 86.7 Å². The Bertz CT molecular complexity index is 1250. The zero-order chi connectivity index (χ0) is 19.8. The lowest BCUT2D eigenvalue weighted by molar-refractivity contribution is -0.116. The largest absolute Gasteiger partial charge is 0.329 e. The maximum atomic E-state index is 12.8. The van der Waals surface area contributed by atoms with E-state index in [1.807, 2.05) is 51.2 Å². The molecular formula is C20H22N6O2. The first kappa shape index (κ1) is 18.0. The van der Waals surface area contributed by atoms with Crippen molar-refractivity contribution in [1.29, 1.82) is 0 Å². The van der Waals surface area contributed by atoms with E-state index in [9.17, 15) is 9.59 Å². The molecule has 0 saturated carbocycles. The summed E-state index contributed by atoms with van der Waals surface area (Å²) in [6, 6.07) is 9.39. The molecule has 8 heteroatoms. The minimum Gasteiger partial charge on any atom is -0.323 e. The summed E-state index contributed by atoms with van der Waals surface area (Å²) in [6.45, 7) is 4.49. The van der Waals surface area contributed by atoms with Crippen LogP contribution in [-0.2, 0) is 24.9 Å². The van der Waals surface area contributed by atoms with Crippen LogP contribution in [0.1, 0.15) is 19.0 Å². The molecule has 0 saturated heterocycles. The molecule has 0 bridgehead atoms. The fourth-order valence-electron chi connectivity index (χ4n) is 3.59. The van der Waals surface area contributed by atoms with Gasteiger partial charge in [0.15, 0.2) is 5.65 Å². The first-order valence-corrected chi connectivity index (χ1v) is 9.27. The molecule has 4 aromatic rings. The standard InChI is InChI=1S/C20H22N6O2/c1-4-9-25-16-7-5-6-8-17(16)26(20(25)28)12-18(27)22-14-10-15-13(2)23-24(3)19(15)21-11-14/h5-8,10-11H,4,9,12H2,1-3H3,(H,22,27). The number of rotatable bonds is 5. The number of imidazole rings is 1. The predicted molar refractivity (Wildman–Crippen MR) is 108 cm³/mol. The van der Waals surface area contributed by atoms with Gasteiger partial charge in [0, 0.05) is 19.0 Å². The molecule has 1 N–H and O–H groups in total. The van der Waals surface area contributed by atoms with Crippen molar-refractivity contribution >= 4 is 33.7 Å². The number of aryl methyl sites for hydroxylation is 3. The third-order valence-corrected chi connectivity index (χ3v) is 4.82. The van der Waals surface area contributed by atoms with Crippen LogP contribution in [0.3, 0.4) is 0 Å². The molecule has 0 aliphatic rings. The van der Waals surface area contributed by atoms with Crippen molar-refractivity contribution in [1.82, 2.24) is 23.9 Å². The Morgan fingerprint density at radius 3 is 2.61 bits per heavy atom. The average molecular weight is 378 g/mol. The van der Waals surface area contributed by atoms with Gasteiger partial charge in [-0.2, -0.15) is 5.10 Å². The van der Waals surface area contributed by atoms with E-state index in [0.29, 0.717) is 12.2 Å². The van der Waals surface area contributed by atoms with Crippen molar-refractivity contribution < 1.29 is 4.79 Å². The number of pyridine rings is 1. The third-order valence-electron chi connectivity index (χ3n) is 4.82. The van der Waals surface area contributed by atoms with E-state index in [-0.39, 0.29) is 18.1 Å². The van der Waals surface area contributed by atoms with Gasteiger partial charge in [-0.25, -0.2) is 9.78 Å². The second-order valence-corrected chi connectivity index (χ2v) is 6.86. The number of benzene rings is 1. The predicted octanol–water partition coefficient (Wildman–Crippen LogP) is 2.44. The molecule has 144 valence electrons. The first-order valence-electron chi connectivity index (χ1n) is 9.27. The minimum atomic E-state index is -0.274. The fourth-order valence-corrected chi connectivity index (χ4v) is 3.59. The summed E-state index contributed by atoms with van der Waals surface area (Å²) in [5.74, 6) is -0.274. The van der Waals surface area contributed by atoms with E-state index in [1.54, 1.807) is 15.4 Å². The molecule has 8 nitrogen and oxygen atoms in total. The maximum absolute atomic E-state index is 12.8. The Labute approximate surface area is 161 Å². The number of para-hydroxylation sites is 2. The highest BCUT2D eigenvalue weighted by molar-refractivity contribution is 5.93. The Hall–Kier alpha value is -3.42. The summed E-state index contributed by atoms with van der Waals surface area (Å²) < 4.78 is 4.94. The number of hydrogen-bond donors (Lipinski definition) is 1. The smallest absolute Gasteiger partial charge is 0.323 e. The van der Waals surface area contributed by atoms with Crippen LogP contribution >= 0.6 is 0 Å². The van der Waals surface area contributed by atoms with E-state index < -0.39 is 0 Å². The number of nitrogens with one attached hydrogen (secondary N) is 1. The van der Waals surface area contributed by atoms with Crippen molar-refractivity contribution in [2.24, 2.45) is 7.05 Å². The molecule has 0 fully saturated rings. The molecule has 1 aromatic carbocycles. The molecule has 0 unspecified atom stereocenters. The number of carbonyl (C=O) groups excluding carboxylic acids is 1. The van der Waals surface area contributed by atoms with Crippen LogP contribution in [-0.4, -0.2) is 29.8 Å². The van der Waals surface area contributed by atoms with Crippen molar-refractivity contribution in [3.05, 3.63) is 52.7 Å². The molecule has 0 spiro atoms. The Morgan fingerprint density at radius 1 is 1.18 bits per heavy atom. The second-order valence-electron chi connectivity index (χ2n) is 6.86. The van der Waals surface area contributed by atoms with Gasteiger partial charge in [0.2, 0.25) is 5.91 Å². The number of fused-ring (bicyclic) bond motifs is 2. The molecule has 0 radical (unpaired) electrons. The van der Waals surface area contributed by atoms with Crippen LogP contribution in [0, 0.1) is 6.92 Å². The zero-order valence-electron chi connectivity index (χ0n) is 16.1. The Balaban J connectivity index is 1.63. The van der Waals surface area contributed by atoms with Crippen molar-refractivity contribution in [2.75, 3.05) is 5.32 Å².